The molecule has 1 aromatic heterocycles. The first-order valence-corrected chi connectivity index (χ1v) is 11.3. The van der Waals surface area contributed by atoms with E-state index in [1.807, 2.05) is 17.5 Å². The number of aliphatic hydroxyl groups excluding tert-OH is 1. The number of amides is 1. The summed E-state index contributed by atoms with van der Waals surface area (Å²) in [6.45, 7) is 3.90. The Morgan fingerprint density at radius 2 is 1.94 bits per heavy atom. The predicted molar refractivity (Wildman–Crippen MR) is 120 cm³/mol. The summed E-state index contributed by atoms with van der Waals surface area (Å²) in [4.78, 5) is 30.7. The minimum Gasteiger partial charge on any atom is -0.507 e. The van der Waals surface area contributed by atoms with Crippen molar-refractivity contribution in [3.05, 3.63) is 51.7 Å². The summed E-state index contributed by atoms with van der Waals surface area (Å²) in [6, 6.07) is 8.02. The van der Waals surface area contributed by atoms with Crippen LogP contribution in [0.2, 0.25) is 0 Å². The Labute approximate surface area is 190 Å². The molecular weight excluding hydrogens is 432 g/mol. The summed E-state index contributed by atoms with van der Waals surface area (Å²) in [6.07, 6.45) is 0. The van der Waals surface area contributed by atoms with Crippen molar-refractivity contribution >= 4 is 28.8 Å². The Morgan fingerprint density at radius 1 is 1.16 bits per heavy atom. The lowest BCUT2D eigenvalue weighted by Crippen LogP contribution is -2.42. The Morgan fingerprint density at radius 3 is 2.59 bits per heavy atom. The lowest BCUT2D eigenvalue weighted by Gasteiger charge is -2.30. The highest BCUT2D eigenvalue weighted by atomic mass is 32.1. The van der Waals surface area contributed by atoms with E-state index in [2.05, 4.69) is 4.90 Å². The Bertz CT molecular complexity index is 1010. The first-order chi connectivity index (χ1) is 15.5. The van der Waals surface area contributed by atoms with Crippen LogP contribution in [-0.2, 0) is 14.3 Å². The fourth-order valence-electron chi connectivity index (χ4n) is 4.07. The van der Waals surface area contributed by atoms with Gasteiger partial charge in [0.15, 0.2) is 0 Å². The van der Waals surface area contributed by atoms with Gasteiger partial charge in [0.25, 0.3) is 11.7 Å². The molecule has 0 saturated carbocycles. The normalized spacial score (nSPS) is 21.2. The lowest BCUT2D eigenvalue weighted by atomic mass is 9.99. The molecule has 1 atom stereocenters. The van der Waals surface area contributed by atoms with E-state index in [9.17, 15) is 14.7 Å². The number of rotatable bonds is 7. The van der Waals surface area contributed by atoms with Crippen molar-refractivity contribution in [1.29, 1.82) is 0 Å². The number of Topliss-reactive ketones (excluding diaryl/α,β-unsaturated/α-hetero) is 1. The fraction of sp³-hybridized carbons (Fsp3) is 0.391. The topological polar surface area (TPSA) is 88.5 Å². The molecule has 2 aliphatic heterocycles. The number of hydrogen-bond donors (Lipinski definition) is 1. The highest BCUT2D eigenvalue weighted by Gasteiger charge is 2.46. The Balaban J connectivity index is 1.73. The van der Waals surface area contributed by atoms with Crippen molar-refractivity contribution in [3.8, 4) is 11.5 Å². The van der Waals surface area contributed by atoms with Gasteiger partial charge in [-0.1, -0.05) is 6.07 Å². The van der Waals surface area contributed by atoms with Gasteiger partial charge in [0.2, 0.25) is 0 Å². The van der Waals surface area contributed by atoms with Gasteiger partial charge in [0.1, 0.15) is 17.3 Å². The van der Waals surface area contributed by atoms with Crippen molar-refractivity contribution in [2.24, 2.45) is 0 Å². The molecule has 2 fully saturated rings. The van der Waals surface area contributed by atoms with E-state index in [0.29, 0.717) is 43.4 Å². The van der Waals surface area contributed by atoms with Gasteiger partial charge in [0, 0.05) is 37.1 Å². The molecular formula is C23H26N2O6S. The summed E-state index contributed by atoms with van der Waals surface area (Å²) in [7, 11) is 3.01. The minimum atomic E-state index is -0.694. The summed E-state index contributed by atoms with van der Waals surface area (Å²) >= 11 is 1.45. The van der Waals surface area contributed by atoms with Crippen LogP contribution in [0.3, 0.4) is 0 Å². The van der Waals surface area contributed by atoms with Crippen LogP contribution in [0.1, 0.15) is 16.5 Å². The van der Waals surface area contributed by atoms with E-state index in [0.717, 1.165) is 18.0 Å². The largest absolute Gasteiger partial charge is 0.507 e. The van der Waals surface area contributed by atoms with Gasteiger partial charge < -0.3 is 24.2 Å². The molecule has 0 aliphatic carbocycles. The third-order valence-corrected chi connectivity index (χ3v) is 6.70. The van der Waals surface area contributed by atoms with Crippen molar-refractivity contribution < 1.29 is 28.9 Å². The monoisotopic (exact) mass is 458 g/mol. The van der Waals surface area contributed by atoms with Crippen molar-refractivity contribution in [1.82, 2.24) is 9.80 Å². The van der Waals surface area contributed by atoms with Crippen LogP contribution in [0.15, 0.2) is 41.3 Å². The van der Waals surface area contributed by atoms with Crippen LogP contribution in [0.4, 0.5) is 0 Å². The molecule has 2 aliphatic rings. The summed E-state index contributed by atoms with van der Waals surface area (Å²) in [5.41, 5.74) is 0.406. The van der Waals surface area contributed by atoms with Crippen LogP contribution >= 0.6 is 11.3 Å². The molecule has 9 heteroatoms. The quantitative estimate of drug-likeness (QED) is 0.387. The third-order valence-electron chi connectivity index (χ3n) is 5.78. The molecule has 1 amide bonds. The molecule has 2 aromatic rings. The second-order valence-corrected chi connectivity index (χ2v) is 8.51. The number of ether oxygens (including phenoxy) is 3. The number of carbonyl (C=O) groups is 2. The number of benzene rings is 1. The Kier molecular flexibility index (Phi) is 6.78. The van der Waals surface area contributed by atoms with Crippen LogP contribution in [0.25, 0.3) is 5.76 Å². The number of hydrogen-bond acceptors (Lipinski definition) is 8. The molecule has 32 heavy (non-hydrogen) atoms. The maximum absolute atomic E-state index is 13.1. The Hall–Kier alpha value is -2.88. The van der Waals surface area contributed by atoms with E-state index >= 15 is 0 Å². The predicted octanol–water partition coefficient (Wildman–Crippen LogP) is 2.52. The van der Waals surface area contributed by atoms with Gasteiger partial charge in [-0.25, -0.2) is 0 Å². The highest BCUT2D eigenvalue weighted by molar-refractivity contribution is 7.10. The third kappa shape index (κ3) is 4.23. The van der Waals surface area contributed by atoms with Crippen molar-refractivity contribution in [2.75, 3.05) is 53.6 Å². The molecule has 1 N–H and O–H groups in total. The second kappa shape index (κ2) is 9.72. The fourth-order valence-corrected chi connectivity index (χ4v) is 4.91. The van der Waals surface area contributed by atoms with Crippen LogP contribution in [0.5, 0.6) is 11.5 Å². The van der Waals surface area contributed by atoms with Crippen LogP contribution < -0.4 is 9.47 Å². The summed E-state index contributed by atoms with van der Waals surface area (Å²) < 4.78 is 16.0. The zero-order chi connectivity index (χ0) is 22.7. The molecule has 4 rings (SSSR count). The average Bonchev–Trinajstić information content (AvgIpc) is 3.44. The number of methoxy groups -OCH3 is 2. The zero-order valence-electron chi connectivity index (χ0n) is 18.1. The zero-order valence-corrected chi connectivity index (χ0v) is 18.9. The van der Waals surface area contributed by atoms with E-state index < -0.39 is 17.7 Å². The van der Waals surface area contributed by atoms with E-state index in [4.69, 9.17) is 14.2 Å². The van der Waals surface area contributed by atoms with E-state index in [1.165, 1.54) is 25.6 Å². The smallest absolute Gasteiger partial charge is 0.295 e. The number of aliphatic hydroxyl groups is 1. The molecule has 2 saturated heterocycles. The second-order valence-electron chi connectivity index (χ2n) is 7.53. The van der Waals surface area contributed by atoms with E-state index in [-0.39, 0.29) is 11.3 Å². The van der Waals surface area contributed by atoms with Crippen molar-refractivity contribution in [2.45, 2.75) is 6.04 Å². The molecule has 8 nitrogen and oxygen atoms in total. The molecule has 0 spiro atoms. The number of carbonyl (C=O) groups excluding carboxylic acids is 2. The summed E-state index contributed by atoms with van der Waals surface area (Å²) in [5.74, 6) is -0.646. The van der Waals surface area contributed by atoms with Crippen LogP contribution in [0, 0.1) is 0 Å². The van der Waals surface area contributed by atoms with Crippen molar-refractivity contribution in [3.63, 3.8) is 0 Å². The minimum absolute atomic E-state index is 0.0721. The number of morpholine rings is 1. The molecule has 0 radical (unpaired) electrons. The molecule has 3 heterocycles. The molecule has 1 unspecified atom stereocenters. The van der Waals surface area contributed by atoms with E-state index in [1.54, 1.807) is 23.1 Å². The first kappa shape index (κ1) is 22.3. The standard InChI is InChI=1S/C23H26N2O6S/c1-29-15-5-6-16(17(14-15)30-2)21(26)19-20(18-4-3-13-32-18)25(23(28)22(19)27)8-7-24-9-11-31-12-10-24/h3-6,13-14,20,26H,7-12H2,1-2H3. The van der Waals surface area contributed by atoms with Gasteiger partial charge in [-0.3, -0.25) is 14.5 Å². The average molecular weight is 459 g/mol. The van der Waals surface area contributed by atoms with Gasteiger partial charge >= 0.3 is 0 Å². The SMILES string of the molecule is COc1ccc(C(O)=C2C(=O)C(=O)N(CCN3CCOCC3)C2c2cccs2)c(OC)c1. The molecule has 0 bridgehead atoms. The van der Waals surface area contributed by atoms with Gasteiger partial charge in [-0.2, -0.15) is 0 Å². The number of thiophene rings is 1. The van der Waals surface area contributed by atoms with Crippen LogP contribution in [-0.4, -0.2) is 80.2 Å². The van der Waals surface area contributed by atoms with Gasteiger partial charge in [-0.15, -0.1) is 11.3 Å². The van der Waals surface area contributed by atoms with Gasteiger partial charge in [0.05, 0.1) is 44.6 Å². The van der Waals surface area contributed by atoms with Gasteiger partial charge in [-0.05, 0) is 23.6 Å². The maximum atomic E-state index is 13.1. The molecule has 1 aromatic carbocycles. The number of likely N-dealkylation sites (tertiary alicyclic amines) is 1. The highest BCUT2D eigenvalue weighted by Crippen LogP contribution is 2.42. The number of ketones is 1. The maximum Gasteiger partial charge on any atom is 0.295 e. The lowest BCUT2D eigenvalue weighted by molar-refractivity contribution is -0.140. The first-order valence-electron chi connectivity index (χ1n) is 10.4. The summed E-state index contributed by atoms with van der Waals surface area (Å²) in [5, 5.41) is 13.1. The number of nitrogens with zero attached hydrogens (tertiary/aromatic N) is 2. The molecule has 170 valence electrons.